The maximum atomic E-state index is 12.4. The SMILES string of the molecule is O=C(Cn1cccn1)N1CCSC1c1cccc(Cl)c1. The number of hydrogen-bond donors (Lipinski definition) is 0. The van der Waals surface area contributed by atoms with E-state index < -0.39 is 0 Å². The van der Waals surface area contributed by atoms with Crippen molar-refractivity contribution in [2.45, 2.75) is 11.9 Å². The van der Waals surface area contributed by atoms with Crippen molar-refractivity contribution < 1.29 is 4.79 Å². The average molecular weight is 308 g/mol. The fraction of sp³-hybridized carbons (Fsp3) is 0.286. The lowest BCUT2D eigenvalue weighted by Crippen LogP contribution is -2.33. The molecule has 1 aliphatic heterocycles. The minimum Gasteiger partial charge on any atom is -0.324 e. The van der Waals surface area contributed by atoms with Crippen molar-refractivity contribution >= 4 is 29.3 Å². The number of carbonyl (C=O) groups excluding carboxylic acids is 1. The van der Waals surface area contributed by atoms with Gasteiger partial charge in [0.05, 0.1) is 0 Å². The molecule has 104 valence electrons. The first-order chi connectivity index (χ1) is 9.74. The van der Waals surface area contributed by atoms with Crippen LogP contribution < -0.4 is 0 Å². The van der Waals surface area contributed by atoms with E-state index in [1.807, 2.05) is 35.2 Å². The molecule has 2 aromatic rings. The highest BCUT2D eigenvalue weighted by Crippen LogP contribution is 2.38. The van der Waals surface area contributed by atoms with Crippen LogP contribution in [0.3, 0.4) is 0 Å². The maximum Gasteiger partial charge on any atom is 0.245 e. The van der Waals surface area contributed by atoms with E-state index in [1.54, 1.807) is 28.8 Å². The van der Waals surface area contributed by atoms with Gasteiger partial charge in [-0.1, -0.05) is 23.7 Å². The van der Waals surface area contributed by atoms with Crippen molar-refractivity contribution in [2.24, 2.45) is 0 Å². The Kier molecular flexibility index (Phi) is 3.98. The summed E-state index contributed by atoms with van der Waals surface area (Å²) in [6.07, 6.45) is 3.48. The summed E-state index contributed by atoms with van der Waals surface area (Å²) in [6.45, 7) is 1.05. The highest BCUT2D eigenvalue weighted by molar-refractivity contribution is 7.99. The van der Waals surface area contributed by atoms with Crippen LogP contribution in [-0.2, 0) is 11.3 Å². The number of benzene rings is 1. The summed E-state index contributed by atoms with van der Waals surface area (Å²) >= 11 is 7.81. The second kappa shape index (κ2) is 5.89. The molecule has 2 heterocycles. The third-order valence-electron chi connectivity index (χ3n) is 3.20. The third-order valence-corrected chi connectivity index (χ3v) is 4.70. The van der Waals surface area contributed by atoms with Gasteiger partial charge in [0, 0.05) is 29.7 Å². The standard InChI is InChI=1S/C14H14ClN3OS/c15-12-4-1-3-11(9-12)14-18(7-8-20-14)13(19)10-17-6-2-5-16-17/h1-6,9,14H,7-8,10H2. The number of thioether (sulfide) groups is 1. The van der Waals surface area contributed by atoms with Crippen molar-refractivity contribution in [3.63, 3.8) is 0 Å². The zero-order valence-corrected chi connectivity index (χ0v) is 12.3. The van der Waals surface area contributed by atoms with Gasteiger partial charge in [-0.05, 0) is 23.8 Å². The van der Waals surface area contributed by atoms with Crippen LogP contribution in [0.5, 0.6) is 0 Å². The summed E-state index contributed by atoms with van der Waals surface area (Å²) < 4.78 is 1.65. The summed E-state index contributed by atoms with van der Waals surface area (Å²) in [5, 5.41) is 4.84. The predicted molar refractivity (Wildman–Crippen MR) is 80.6 cm³/mol. The topological polar surface area (TPSA) is 38.1 Å². The number of aromatic nitrogens is 2. The van der Waals surface area contributed by atoms with E-state index >= 15 is 0 Å². The van der Waals surface area contributed by atoms with E-state index in [4.69, 9.17) is 11.6 Å². The van der Waals surface area contributed by atoms with Gasteiger partial charge in [-0.15, -0.1) is 11.8 Å². The van der Waals surface area contributed by atoms with Gasteiger partial charge in [0.25, 0.3) is 0 Å². The van der Waals surface area contributed by atoms with E-state index in [9.17, 15) is 4.79 Å². The Labute approximate surface area is 126 Å². The molecule has 1 aliphatic rings. The number of amides is 1. The van der Waals surface area contributed by atoms with E-state index in [-0.39, 0.29) is 17.8 Å². The van der Waals surface area contributed by atoms with Crippen molar-refractivity contribution in [1.82, 2.24) is 14.7 Å². The molecule has 6 heteroatoms. The van der Waals surface area contributed by atoms with E-state index in [1.165, 1.54) is 0 Å². The Hall–Kier alpha value is -1.46. The summed E-state index contributed by atoms with van der Waals surface area (Å²) in [4.78, 5) is 14.3. The average Bonchev–Trinajstić information content (AvgIpc) is 3.09. The molecule has 1 amide bonds. The lowest BCUT2D eigenvalue weighted by atomic mass is 10.2. The number of rotatable bonds is 3. The molecule has 0 N–H and O–H groups in total. The lowest BCUT2D eigenvalue weighted by molar-refractivity contribution is -0.132. The van der Waals surface area contributed by atoms with Crippen LogP contribution in [0.15, 0.2) is 42.7 Å². The molecular formula is C14H14ClN3OS. The number of nitrogens with zero attached hydrogens (tertiary/aromatic N) is 3. The van der Waals surface area contributed by atoms with Crippen LogP contribution in [0.4, 0.5) is 0 Å². The molecule has 4 nitrogen and oxygen atoms in total. The van der Waals surface area contributed by atoms with Gasteiger partial charge in [0.15, 0.2) is 0 Å². The molecule has 0 bridgehead atoms. The number of halogens is 1. The minimum absolute atomic E-state index is 0.0526. The molecule has 0 saturated carbocycles. The molecule has 1 atom stereocenters. The highest BCUT2D eigenvalue weighted by Gasteiger charge is 2.30. The zero-order chi connectivity index (χ0) is 13.9. The Bertz CT molecular complexity index is 602. The van der Waals surface area contributed by atoms with Crippen molar-refractivity contribution in [3.05, 3.63) is 53.3 Å². The molecule has 1 aromatic carbocycles. The summed E-state index contributed by atoms with van der Waals surface area (Å²) in [5.74, 6) is 1.03. The Morgan fingerprint density at radius 3 is 3.10 bits per heavy atom. The van der Waals surface area contributed by atoms with Crippen LogP contribution in [0.2, 0.25) is 5.02 Å². The minimum atomic E-state index is 0.0526. The van der Waals surface area contributed by atoms with Crippen LogP contribution in [-0.4, -0.2) is 32.9 Å². The van der Waals surface area contributed by atoms with E-state index in [2.05, 4.69) is 5.10 Å². The fourth-order valence-corrected chi connectivity index (χ4v) is 3.75. The van der Waals surface area contributed by atoms with Crippen LogP contribution >= 0.6 is 23.4 Å². The van der Waals surface area contributed by atoms with E-state index in [0.29, 0.717) is 5.02 Å². The van der Waals surface area contributed by atoms with Gasteiger partial charge < -0.3 is 4.90 Å². The third kappa shape index (κ3) is 2.83. The van der Waals surface area contributed by atoms with Crippen LogP contribution in [0, 0.1) is 0 Å². The molecule has 0 aliphatic carbocycles. The molecule has 1 fully saturated rings. The zero-order valence-electron chi connectivity index (χ0n) is 10.8. The van der Waals surface area contributed by atoms with Crippen molar-refractivity contribution in [3.8, 4) is 0 Å². The van der Waals surface area contributed by atoms with Gasteiger partial charge in [-0.25, -0.2) is 0 Å². The van der Waals surface area contributed by atoms with Gasteiger partial charge in [0.2, 0.25) is 5.91 Å². The van der Waals surface area contributed by atoms with Gasteiger partial charge >= 0.3 is 0 Å². The summed E-state index contributed by atoms with van der Waals surface area (Å²) in [6, 6.07) is 9.54. The molecule has 1 saturated heterocycles. The fourth-order valence-electron chi connectivity index (χ4n) is 2.29. The molecular weight excluding hydrogens is 294 g/mol. The molecule has 0 spiro atoms. The van der Waals surface area contributed by atoms with Crippen molar-refractivity contribution in [2.75, 3.05) is 12.3 Å². The molecule has 3 rings (SSSR count). The first-order valence-corrected chi connectivity index (χ1v) is 7.81. The molecule has 1 unspecified atom stereocenters. The van der Waals surface area contributed by atoms with Crippen LogP contribution in [0.1, 0.15) is 10.9 Å². The quantitative estimate of drug-likeness (QED) is 0.875. The monoisotopic (exact) mass is 307 g/mol. The smallest absolute Gasteiger partial charge is 0.245 e. The molecule has 0 radical (unpaired) electrons. The van der Waals surface area contributed by atoms with E-state index in [0.717, 1.165) is 17.9 Å². The van der Waals surface area contributed by atoms with Gasteiger partial charge in [-0.3, -0.25) is 9.48 Å². The first kappa shape index (κ1) is 13.5. The second-order valence-corrected chi connectivity index (χ2v) is 6.19. The lowest BCUT2D eigenvalue weighted by Gasteiger charge is -2.24. The van der Waals surface area contributed by atoms with Gasteiger partial charge in [-0.2, -0.15) is 5.10 Å². The predicted octanol–water partition coefficient (Wildman–Crippen LogP) is 2.81. The molecule has 20 heavy (non-hydrogen) atoms. The Balaban J connectivity index is 1.77. The van der Waals surface area contributed by atoms with Gasteiger partial charge in [0.1, 0.15) is 11.9 Å². The maximum absolute atomic E-state index is 12.4. The largest absolute Gasteiger partial charge is 0.324 e. The normalized spacial score (nSPS) is 18.4. The summed E-state index contributed by atoms with van der Waals surface area (Å²) in [7, 11) is 0. The number of hydrogen-bond acceptors (Lipinski definition) is 3. The first-order valence-electron chi connectivity index (χ1n) is 6.38. The second-order valence-electron chi connectivity index (χ2n) is 4.57. The Morgan fingerprint density at radius 1 is 1.45 bits per heavy atom. The molecule has 1 aromatic heterocycles. The highest BCUT2D eigenvalue weighted by atomic mass is 35.5. The number of carbonyl (C=O) groups is 1. The van der Waals surface area contributed by atoms with Crippen LogP contribution in [0.25, 0.3) is 0 Å². The summed E-state index contributed by atoms with van der Waals surface area (Å²) in [5.41, 5.74) is 1.08. The Morgan fingerprint density at radius 2 is 2.35 bits per heavy atom. The van der Waals surface area contributed by atoms with Crippen molar-refractivity contribution in [1.29, 1.82) is 0 Å².